The van der Waals surface area contributed by atoms with Crippen LogP contribution in [0.1, 0.15) is 40.0 Å². The zero-order valence-electron chi connectivity index (χ0n) is 8.22. The number of carbonyl (C=O) groups excluding carboxylic acids is 1. The fourth-order valence-corrected chi connectivity index (χ4v) is 1.12. The van der Waals surface area contributed by atoms with E-state index in [1.807, 2.05) is 6.92 Å². The van der Waals surface area contributed by atoms with Crippen LogP contribution >= 0.6 is 0 Å². The van der Waals surface area contributed by atoms with E-state index in [1.165, 1.54) is 6.92 Å². The summed E-state index contributed by atoms with van der Waals surface area (Å²) in [5.74, 6) is -0.234. The molecule has 2 N–H and O–H groups in total. The first-order valence-corrected chi connectivity index (χ1v) is 4.40. The molecule has 0 bridgehead atoms. The number of esters is 1. The lowest BCUT2D eigenvalue weighted by Crippen LogP contribution is -2.37. The van der Waals surface area contributed by atoms with Crippen molar-refractivity contribution >= 4 is 5.97 Å². The van der Waals surface area contributed by atoms with Gasteiger partial charge in [0.05, 0.1) is 6.61 Å². The molecule has 0 aliphatic rings. The second-order valence-corrected chi connectivity index (χ2v) is 3.49. The van der Waals surface area contributed by atoms with Crippen LogP contribution in [-0.2, 0) is 9.53 Å². The molecule has 0 heterocycles. The Labute approximate surface area is 74.3 Å². The summed E-state index contributed by atoms with van der Waals surface area (Å²) in [6.45, 7) is 5.92. The first kappa shape index (κ1) is 11.4. The smallest absolute Gasteiger partial charge is 0.302 e. The number of hydrogen-bond donors (Lipinski definition) is 1. The first-order chi connectivity index (χ1) is 5.48. The Balaban J connectivity index is 3.53. The molecule has 0 radical (unpaired) electrons. The van der Waals surface area contributed by atoms with Gasteiger partial charge in [-0.1, -0.05) is 13.3 Å². The van der Waals surface area contributed by atoms with Crippen molar-refractivity contribution in [2.24, 2.45) is 5.73 Å². The molecule has 0 amide bonds. The molecule has 1 unspecified atom stereocenters. The van der Waals surface area contributed by atoms with E-state index in [-0.39, 0.29) is 11.5 Å². The van der Waals surface area contributed by atoms with E-state index in [1.54, 1.807) is 0 Å². The van der Waals surface area contributed by atoms with Gasteiger partial charge in [0, 0.05) is 12.5 Å². The van der Waals surface area contributed by atoms with Gasteiger partial charge in [0.25, 0.3) is 0 Å². The molecule has 0 aliphatic heterocycles. The van der Waals surface area contributed by atoms with Gasteiger partial charge in [0.1, 0.15) is 0 Å². The molecule has 1 atom stereocenters. The van der Waals surface area contributed by atoms with Gasteiger partial charge in [-0.25, -0.2) is 0 Å². The number of ether oxygens (including phenoxy) is 1. The Morgan fingerprint density at radius 1 is 1.50 bits per heavy atom. The van der Waals surface area contributed by atoms with E-state index in [2.05, 4.69) is 6.92 Å². The second-order valence-electron chi connectivity index (χ2n) is 3.49. The van der Waals surface area contributed by atoms with Crippen molar-refractivity contribution in [3.63, 3.8) is 0 Å². The van der Waals surface area contributed by atoms with Crippen LogP contribution in [0.5, 0.6) is 0 Å². The zero-order chi connectivity index (χ0) is 9.61. The first-order valence-electron chi connectivity index (χ1n) is 4.40. The van der Waals surface area contributed by atoms with Gasteiger partial charge >= 0.3 is 5.97 Å². The maximum atomic E-state index is 10.4. The van der Waals surface area contributed by atoms with E-state index in [4.69, 9.17) is 10.5 Å². The standard InChI is InChI=1S/C9H19NO2/c1-4-5-9(3,10)6-7-12-8(2)11/h4-7,10H2,1-3H3. The summed E-state index contributed by atoms with van der Waals surface area (Å²) >= 11 is 0. The highest BCUT2D eigenvalue weighted by Gasteiger charge is 2.16. The van der Waals surface area contributed by atoms with Gasteiger partial charge in [0.15, 0.2) is 0 Å². The van der Waals surface area contributed by atoms with Crippen LogP contribution in [0, 0.1) is 0 Å². The lowest BCUT2D eigenvalue weighted by molar-refractivity contribution is -0.141. The summed E-state index contributed by atoms with van der Waals surface area (Å²) in [6, 6.07) is 0. The number of carbonyl (C=O) groups is 1. The average molecular weight is 173 g/mol. The molecule has 3 nitrogen and oxygen atoms in total. The topological polar surface area (TPSA) is 52.3 Å². The summed E-state index contributed by atoms with van der Waals surface area (Å²) in [5.41, 5.74) is 5.73. The predicted octanol–water partition coefficient (Wildman–Crippen LogP) is 1.46. The molecule has 0 rings (SSSR count). The molecule has 0 saturated carbocycles. The minimum absolute atomic E-state index is 0.190. The van der Waals surface area contributed by atoms with Gasteiger partial charge in [0.2, 0.25) is 0 Å². The summed E-state index contributed by atoms with van der Waals surface area (Å²) in [6.07, 6.45) is 2.77. The Morgan fingerprint density at radius 3 is 2.50 bits per heavy atom. The second kappa shape index (κ2) is 5.14. The SMILES string of the molecule is CCCC(C)(N)CCOC(C)=O. The quantitative estimate of drug-likeness (QED) is 0.640. The summed E-state index contributed by atoms with van der Waals surface area (Å²) in [5, 5.41) is 0. The molecule has 0 aromatic rings. The Kier molecular flexibility index (Phi) is 4.90. The molecule has 0 aliphatic carbocycles. The summed E-state index contributed by atoms with van der Waals surface area (Å²) in [7, 11) is 0. The predicted molar refractivity (Wildman–Crippen MR) is 48.8 cm³/mol. The highest BCUT2D eigenvalue weighted by molar-refractivity contribution is 5.65. The van der Waals surface area contributed by atoms with Crippen LogP contribution in [-0.4, -0.2) is 18.1 Å². The van der Waals surface area contributed by atoms with Gasteiger partial charge in [-0.05, 0) is 19.8 Å². The van der Waals surface area contributed by atoms with Crippen molar-refractivity contribution in [1.82, 2.24) is 0 Å². The molecule has 0 aromatic heterocycles. The fraction of sp³-hybridized carbons (Fsp3) is 0.889. The molecule has 0 aromatic carbocycles. The molecular weight excluding hydrogens is 154 g/mol. The van der Waals surface area contributed by atoms with Crippen LogP contribution in [0.25, 0.3) is 0 Å². The van der Waals surface area contributed by atoms with Crippen molar-refractivity contribution in [3.05, 3.63) is 0 Å². The largest absolute Gasteiger partial charge is 0.466 e. The van der Waals surface area contributed by atoms with E-state index >= 15 is 0 Å². The molecular formula is C9H19NO2. The maximum Gasteiger partial charge on any atom is 0.302 e. The zero-order valence-corrected chi connectivity index (χ0v) is 8.22. The fourth-order valence-electron chi connectivity index (χ4n) is 1.12. The number of nitrogens with two attached hydrogens (primary N) is 1. The van der Waals surface area contributed by atoms with E-state index in [9.17, 15) is 4.79 Å². The van der Waals surface area contributed by atoms with E-state index < -0.39 is 0 Å². The lowest BCUT2D eigenvalue weighted by atomic mass is 9.94. The summed E-state index contributed by atoms with van der Waals surface area (Å²) < 4.78 is 4.81. The number of hydrogen-bond acceptors (Lipinski definition) is 3. The van der Waals surface area contributed by atoms with Crippen LogP contribution in [0.2, 0.25) is 0 Å². The van der Waals surface area contributed by atoms with Crippen molar-refractivity contribution in [2.75, 3.05) is 6.61 Å². The summed E-state index contributed by atoms with van der Waals surface area (Å²) in [4.78, 5) is 10.4. The average Bonchev–Trinajstić information content (AvgIpc) is 1.85. The normalized spacial score (nSPS) is 15.3. The minimum Gasteiger partial charge on any atom is -0.466 e. The van der Waals surface area contributed by atoms with E-state index in [0.717, 1.165) is 19.3 Å². The van der Waals surface area contributed by atoms with Crippen molar-refractivity contribution in [3.8, 4) is 0 Å². The molecule has 12 heavy (non-hydrogen) atoms. The van der Waals surface area contributed by atoms with Crippen LogP contribution in [0.3, 0.4) is 0 Å². The molecule has 3 heteroatoms. The van der Waals surface area contributed by atoms with E-state index in [0.29, 0.717) is 6.61 Å². The lowest BCUT2D eigenvalue weighted by Gasteiger charge is -2.23. The van der Waals surface area contributed by atoms with Gasteiger partial charge in [-0.3, -0.25) is 4.79 Å². The van der Waals surface area contributed by atoms with Crippen LogP contribution in [0.15, 0.2) is 0 Å². The highest BCUT2D eigenvalue weighted by Crippen LogP contribution is 2.12. The third-order valence-corrected chi connectivity index (χ3v) is 1.80. The van der Waals surface area contributed by atoms with Crippen molar-refractivity contribution in [1.29, 1.82) is 0 Å². The van der Waals surface area contributed by atoms with Crippen LogP contribution < -0.4 is 5.73 Å². The Hall–Kier alpha value is -0.570. The molecule has 0 spiro atoms. The monoisotopic (exact) mass is 173 g/mol. The third-order valence-electron chi connectivity index (χ3n) is 1.80. The van der Waals surface area contributed by atoms with Gasteiger partial charge in [-0.15, -0.1) is 0 Å². The van der Waals surface area contributed by atoms with Crippen molar-refractivity contribution in [2.45, 2.75) is 45.6 Å². The molecule has 72 valence electrons. The van der Waals surface area contributed by atoms with Gasteiger partial charge < -0.3 is 10.5 Å². The Morgan fingerprint density at radius 2 is 2.08 bits per heavy atom. The maximum absolute atomic E-state index is 10.4. The molecule has 0 saturated heterocycles. The highest BCUT2D eigenvalue weighted by atomic mass is 16.5. The van der Waals surface area contributed by atoms with Crippen LogP contribution in [0.4, 0.5) is 0 Å². The number of rotatable bonds is 5. The minimum atomic E-state index is -0.234. The van der Waals surface area contributed by atoms with Crippen molar-refractivity contribution < 1.29 is 9.53 Å². The molecule has 0 fully saturated rings. The van der Waals surface area contributed by atoms with Gasteiger partial charge in [-0.2, -0.15) is 0 Å². The third kappa shape index (κ3) is 6.16. The Bertz CT molecular complexity index is 143.